The van der Waals surface area contributed by atoms with Crippen LogP contribution in [0.15, 0.2) is 28.7 Å². The molecule has 1 fully saturated rings. The summed E-state index contributed by atoms with van der Waals surface area (Å²) >= 11 is 3.42. The van der Waals surface area contributed by atoms with Crippen LogP contribution < -0.4 is 16.4 Å². The van der Waals surface area contributed by atoms with E-state index in [2.05, 4.69) is 26.6 Å². The highest BCUT2D eigenvalue weighted by Crippen LogP contribution is 2.41. The standard InChI is InChI=1S/C17H24BrN3O2.ClH/c1-11(2)15(19)16(23)20-10-14(22)21-17(8-3-9-17)12-4-6-13(18)7-5-12;/h4-7,11,15H,3,8-10,19H2,1-2H3,(H,20,23)(H,21,22);1H/t15-;/m0./s1. The van der Waals surface area contributed by atoms with Gasteiger partial charge < -0.3 is 16.4 Å². The Balaban J connectivity index is 0.00000288. The maximum absolute atomic E-state index is 12.2. The van der Waals surface area contributed by atoms with E-state index in [1.165, 1.54) is 0 Å². The van der Waals surface area contributed by atoms with Gasteiger partial charge in [0.2, 0.25) is 11.8 Å². The van der Waals surface area contributed by atoms with Crippen molar-refractivity contribution in [1.82, 2.24) is 10.6 Å². The van der Waals surface area contributed by atoms with Gasteiger partial charge in [-0.1, -0.05) is 41.9 Å². The molecule has 1 aliphatic carbocycles. The lowest BCUT2D eigenvalue weighted by molar-refractivity contribution is -0.128. The van der Waals surface area contributed by atoms with E-state index >= 15 is 0 Å². The first-order valence-electron chi connectivity index (χ1n) is 7.94. The van der Waals surface area contributed by atoms with E-state index < -0.39 is 6.04 Å². The second kappa shape index (κ2) is 8.83. The summed E-state index contributed by atoms with van der Waals surface area (Å²) in [6.07, 6.45) is 2.92. The van der Waals surface area contributed by atoms with Crippen molar-refractivity contribution in [2.75, 3.05) is 6.54 Å². The quantitative estimate of drug-likeness (QED) is 0.663. The Morgan fingerprint density at radius 3 is 2.29 bits per heavy atom. The minimum atomic E-state index is -0.591. The van der Waals surface area contributed by atoms with Crippen LogP contribution in [0.1, 0.15) is 38.7 Å². The van der Waals surface area contributed by atoms with Crippen LogP contribution in [0.3, 0.4) is 0 Å². The van der Waals surface area contributed by atoms with E-state index in [1.807, 2.05) is 38.1 Å². The zero-order valence-electron chi connectivity index (χ0n) is 14.0. The summed E-state index contributed by atoms with van der Waals surface area (Å²) in [7, 11) is 0. The topological polar surface area (TPSA) is 84.2 Å². The molecule has 0 saturated heterocycles. The van der Waals surface area contributed by atoms with Crippen molar-refractivity contribution in [2.45, 2.75) is 44.7 Å². The third kappa shape index (κ3) is 4.94. The van der Waals surface area contributed by atoms with Crippen LogP contribution in [0.4, 0.5) is 0 Å². The summed E-state index contributed by atoms with van der Waals surface area (Å²) in [5, 5.41) is 5.69. The van der Waals surface area contributed by atoms with Gasteiger partial charge in [0.25, 0.3) is 0 Å². The fourth-order valence-electron chi connectivity index (χ4n) is 2.68. The summed E-state index contributed by atoms with van der Waals surface area (Å²) in [6.45, 7) is 3.71. The summed E-state index contributed by atoms with van der Waals surface area (Å²) in [4.78, 5) is 24.0. The molecule has 4 N–H and O–H groups in total. The molecule has 2 rings (SSSR count). The van der Waals surface area contributed by atoms with Crippen LogP contribution in [0.5, 0.6) is 0 Å². The number of amides is 2. The first-order valence-corrected chi connectivity index (χ1v) is 8.74. The van der Waals surface area contributed by atoms with Gasteiger partial charge in [-0.2, -0.15) is 0 Å². The van der Waals surface area contributed by atoms with Crippen molar-refractivity contribution in [1.29, 1.82) is 0 Å². The summed E-state index contributed by atoms with van der Waals surface area (Å²) in [5.74, 6) is -0.433. The van der Waals surface area contributed by atoms with E-state index in [4.69, 9.17) is 5.73 Å². The zero-order chi connectivity index (χ0) is 17.0. The molecule has 24 heavy (non-hydrogen) atoms. The number of benzene rings is 1. The Bertz CT molecular complexity index is 574. The van der Waals surface area contributed by atoms with Gasteiger partial charge >= 0.3 is 0 Å². The molecule has 0 heterocycles. The molecule has 1 aromatic rings. The van der Waals surface area contributed by atoms with E-state index in [9.17, 15) is 9.59 Å². The third-order valence-corrected chi connectivity index (χ3v) is 4.96. The molecule has 0 spiro atoms. The largest absolute Gasteiger partial charge is 0.346 e. The van der Waals surface area contributed by atoms with Gasteiger partial charge in [-0.05, 0) is 42.9 Å². The lowest BCUT2D eigenvalue weighted by Crippen LogP contribution is -2.54. The van der Waals surface area contributed by atoms with Crippen molar-refractivity contribution in [3.63, 3.8) is 0 Å². The molecule has 1 saturated carbocycles. The molecule has 1 aromatic carbocycles. The fourth-order valence-corrected chi connectivity index (χ4v) is 2.95. The molecule has 1 aliphatic rings. The van der Waals surface area contributed by atoms with E-state index in [-0.39, 0.29) is 42.2 Å². The van der Waals surface area contributed by atoms with Crippen molar-refractivity contribution in [3.8, 4) is 0 Å². The Morgan fingerprint density at radius 1 is 1.25 bits per heavy atom. The minimum Gasteiger partial charge on any atom is -0.346 e. The van der Waals surface area contributed by atoms with Crippen molar-refractivity contribution < 1.29 is 9.59 Å². The van der Waals surface area contributed by atoms with Gasteiger partial charge in [0.05, 0.1) is 18.1 Å². The van der Waals surface area contributed by atoms with E-state index in [1.54, 1.807) is 0 Å². The molecule has 134 valence electrons. The number of nitrogens with two attached hydrogens (primary N) is 1. The first kappa shape index (κ1) is 20.9. The smallest absolute Gasteiger partial charge is 0.240 e. The second-order valence-corrected chi connectivity index (χ2v) is 7.39. The van der Waals surface area contributed by atoms with Crippen LogP contribution in [0.2, 0.25) is 0 Å². The molecule has 7 heteroatoms. The monoisotopic (exact) mass is 417 g/mol. The molecule has 1 atom stereocenters. The average Bonchev–Trinajstić information content (AvgIpc) is 2.48. The molecule has 5 nitrogen and oxygen atoms in total. The Morgan fingerprint density at radius 2 is 1.83 bits per heavy atom. The van der Waals surface area contributed by atoms with Crippen LogP contribution in [0.25, 0.3) is 0 Å². The number of carbonyl (C=O) groups is 2. The summed E-state index contributed by atoms with van der Waals surface area (Å²) in [6, 6.07) is 7.41. The lowest BCUT2D eigenvalue weighted by Gasteiger charge is -2.43. The minimum absolute atomic E-state index is 0. The number of hydrogen-bond donors (Lipinski definition) is 3. The molecule has 0 radical (unpaired) electrons. The fraction of sp³-hybridized carbons (Fsp3) is 0.529. The summed E-state index contributed by atoms with van der Waals surface area (Å²) < 4.78 is 1.01. The van der Waals surface area contributed by atoms with E-state index in [0.717, 1.165) is 29.3 Å². The highest BCUT2D eigenvalue weighted by atomic mass is 79.9. The number of hydrogen-bond acceptors (Lipinski definition) is 3. The maximum atomic E-state index is 12.2. The molecule has 0 unspecified atom stereocenters. The SMILES string of the molecule is CC(C)[C@H](N)C(=O)NCC(=O)NC1(c2ccc(Br)cc2)CCC1.Cl. The maximum Gasteiger partial charge on any atom is 0.240 e. The number of nitrogens with one attached hydrogen (secondary N) is 2. The number of rotatable bonds is 6. The van der Waals surface area contributed by atoms with Gasteiger partial charge in [0.15, 0.2) is 0 Å². The zero-order valence-corrected chi connectivity index (χ0v) is 16.4. The van der Waals surface area contributed by atoms with Crippen molar-refractivity contribution >= 4 is 40.2 Å². The van der Waals surface area contributed by atoms with Crippen molar-refractivity contribution in [2.24, 2.45) is 11.7 Å². The van der Waals surface area contributed by atoms with Gasteiger partial charge in [0.1, 0.15) is 0 Å². The molecule has 2 amide bonds. The van der Waals surface area contributed by atoms with Crippen LogP contribution in [0, 0.1) is 5.92 Å². The van der Waals surface area contributed by atoms with Gasteiger partial charge in [-0.25, -0.2) is 0 Å². The van der Waals surface area contributed by atoms with Crippen LogP contribution in [-0.4, -0.2) is 24.4 Å². The van der Waals surface area contributed by atoms with Gasteiger partial charge in [0, 0.05) is 4.47 Å². The predicted octanol–water partition coefficient (Wildman–Crippen LogP) is 2.47. The summed E-state index contributed by atoms with van der Waals surface area (Å²) in [5.41, 5.74) is 6.57. The average molecular weight is 419 g/mol. The molecule has 0 bridgehead atoms. The normalized spacial score (nSPS) is 16.5. The molecule has 0 aliphatic heterocycles. The Hall–Kier alpha value is -1.11. The second-order valence-electron chi connectivity index (χ2n) is 6.48. The first-order chi connectivity index (χ1) is 10.8. The number of carbonyl (C=O) groups excluding carboxylic acids is 2. The van der Waals surface area contributed by atoms with Gasteiger partial charge in [-0.3, -0.25) is 9.59 Å². The van der Waals surface area contributed by atoms with Crippen LogP contribution >= 0.6 is 28.3 Å². The van der Waals surface area contributed by atoms with Crippen molar-refractivity contribution in [3.05, 3.63) is 34.3 Å². The molecule has 0 aromatic heterocycles. The lowest BCUT2D eigenvalue weighted by atomic mass is 9.72. The number of halogens is 2. The highest BCUT2D eigenvalue weighted by molar-refractivity contribution is 9.10. The van der Waals surface area contributed by atoms with Gasteiger partial charge in [-0.15, -0.1) is 12.4 Å². The Kier molecular flexibility index (Phi) is 7.70. The molecular formula is C17H25BrClN3O2. The van der Waals surface area contributed by atoms with Crippen LogP contribution in [-0.2, 0) is 15.1 Å². The molecular weight excluding hydrogens is 394 g/mol. The van der Waals surface area contributed by atoms with E-state index in [0.29, 0.717) is 0 Å². The Labute approximate surface area is 157 Å². The predicted molar refractivity (Wildman–Crippen MR) is 101 cm³/mol. The highest BCUT2D eigenvalue weighted by Gasteiger charge is 2.39. The third-order valence-electron chi connectivity index (χ3n) is 4.43.